The minimum Gasteiger partial charge on any atom is -0.340 e. The van der Waals surface area contributed by atoms with Gasteiger partial charge >= 0.3 is 0 Å². The molecule has 1 unspecified atom stereocenters. The first kappa shape index (κ1) is 18.0. The van der Waals surface area contributed by atoms with Crippen molar-refractivity contribution >= 4 is 46.7 Å². The lowest BCUT2D eigenvalue weighted by atomic mass is 10.1. The van der Waals surface area contributed by atoms with Gasteiger partial charge in [0.2, 0.25) is 17.8 Å². The molecule has 2 heterocycles. The predicted octanol–water partition coefficient (Wildman–Crippen LogP) is 1.42. The van der Waals surface area contributed by atoms with Crippen LogP contribution in [0.25, 0.3) is 0 Å². The smallest absolute Gasteiger partial charge is 0.249 e. The van der Waals surface area contributed by atoms with Crippen molar-refractivity contribution in [3.8, 4) is 0 Å². The van der Waals surface area contributed by atoms with Crippen molar-refractivity contribution < 1.29 is 9.59 Å². The van der Waals surface area contributed by atoms with E-state index in [9.17, 15) is 9.59 Å². The number of carbonyl (C=O) groups excluding carboxylic acids is 2. The summed E-state index contributed by atoms with van der Waals surface area (Å²) in [7, 11) is 2.05. The van der Waals surface area contributed by atoms with Crippen LogP contribution in [0.1, 0.15) is 6.42 Å². The van der Waals surface area contributed by atoms with E-state index >= 15 is 0 Å². The molecule has 2 aliphatic rings. The molecular formula is C16H19Cl2N5O2. The van der Waals surface area contributed by atoms with Crippen LogP contribution in [0.15, 0.2) is 23.2 Å². The normalized spacial score (nSPS) is 21.6. The zero-order chi connectivity index (χ0) is 18.0. The molecule has 0 aromatic heterocycles. The Morgan fingerprint density at radius 1 is 1.24 bits per heavy atom. The van der Waals surface area contributed by atoms with E-state index in [4.69, 9.17) is 23.2 Å². The molecule has 0 saturated carbocycles. The second-order valence-corrected chi connectivity index (χ2v) is 6.94. The number of nitrogens with zero attached hydrogens (tertiary/aromatic N) is 3. The van der Waals surface area contributed by atoms with Crippen molar-refractivity contribution in [2.45, 2.75) is 12.5 Å². The minimum absolute atomic E-state index is 0.0183. The highest BCUT2D eigenvalue weighted by Gasteiger charge is 2.30. The zero-order valence-corrected chi connectivity index (χ0v) is 15.3. The van der Waals surface area contributed by atoms with Gasteiger partial charge in [-0.05, 0) is 25.2 Å². The number of halogens is 2. The molecule has 25 heavy (non-hydrogen) atoms. The monoisotopic (exact) mass is 383 g/mol. The molecule has 2 aliphatic heterocycles. The first-order valence-corrected chi connectivity index (χ1v) is 8.75. The molecule has 134 valence electrons. The second-order valence-electron chi connectivity index (χ2n) is 6.13. The maximum atomic E-state index is 12.5. The molecule has 9 heteroatoms. The van der Waals surface area contributed by atoms with Crippen LogP contribution in [0.2, 0.25) is 10.0 Å². The van der Waals surface area contributed by atoms with E-state index in [0.717, 1.165) is 26.2 Å². The molecule has 0 radical (unpaired) electrons. The fourth-order valence-corrected chi connectivity index (χ4v) is 3.00. The molecule has 7 nitrogen and oxygen atoms in total. The Hall–Kier alpha value is -1.83. The number of hydrogen-bond donors (Lipinski definition) is 2. The van der Waals surface area contributed by atoms with Crippen LogP contribution in [0.3, 0.4) is 0 Å². The highest BCUT2D eigenvalue weighted by atomic mass is 35.5. The fourth-order valence-electron chi connectivity index (χ4n) is 2.71. The van der Waals surface area contributed by atoms with E-state index in [0.29, 0.717) is 21.7 Å². The van der Waals surface area contributed by atoms with Gasteiger partial charge in [0.05, 0.1) is 16.5 Å². The SMILES string of the molecule is CN1CCN(C2=NC(C(=O)Nc3ccc(Cl)c(Cl)c3)CC(=O)N2)CC1. The van der Waals surface area contributed by atoms with Crippen LogP contribution in [0, 0.1) is 0 Å². The third-order valence-corrected chi connectivity index (χ3v) is 4.94. The summed E-state index contributed by atoms with van der Waals surface area (Å²) in [6.07, 6.45) is 0.0183. The van der Waals surface area contributed by atoms with E-state index in [1.807, 2.05) is 11.9 Å². The lowest BCUT2D eigenvalue weighted by molar-refractivity contribution is -0.125. The lowest BCUT2D eigenvalue weighted by Gasteiger charge is -2.36. The van der Waals surface area contributed by atoms with Gasteiger partial charge < -0.3 is 15.1 Å². The second kappa shape index (κ2) is 7.59. The summed E-state index contributed by atoms with van der Waals surface area (Å²) in [5.74, 6) is -0.0864. The lowest BCUT2D eigenvalue weighted by Crippen LogP contribution is -2.55. The van der Waals surface area contributed by atoms with Gasteiger partial charge in [-0.15, -0.1) is 0 Å². The molecule has 3 rings (SSSR count). The van der Waals surface area contributed by atoms with E-state index in [-0.39, 0.29) is 18.2 Å². The Morgan fingerprint density at radius 2 is 1.96 bits per heavy atom. The number of benzene rings is 1. The summed E-state index contributed by atoms with van der Waals surface area (Å²) in [5, 5.41) is 6.26. The van der Waals surface area contributed by atoms with E-state index in [1.165, 1.54) is 0 Å². The number of amides is 2. The molecule has 1 aromatic carbocycles. The van der Waals surface area contributed by atoms with Crippen molar-refractivity contribution in [3.63, 3.8) is 0 Å². The molecule has 0 aliphatic carbocycles. The van der Waals surface area contributed by atoms with Gasteiger partial charge in [-0.1, -0.05) is 23.2 Å². The Bertz CT molecular complexity index is 716. The highest BCUT2D eigenvalue weighted by molar-refractivity contribution is 6.42. The predicted molar refractivity (Wildman–Crippen MR) is 98.1 cm³/mol. The maximum Gasteiger partial charge on any atom is 0.249 e. The first-order valence-electron chi connectivity index (χ1n) is 7.99. The number of piperazine rings is 1. The van der Waals surface area contributed by atoms with Gasteiger partial charge in [0.1, 0.15) is 6.04 Å². The summed E-state index contributed by atoms with van der Waals surface area (Å²) >= 11 is 11.8. The molecule has 2 amide bonds. The molecule has 1 aromatic rings. The van der Waals surface area contributed by atoms with Gasteiger partial charge in [-0.3, -0.25) is 14.9 Å². The number of guanidine groups is 1. The summed E-state index contributed by atoms with van der Waals surface area (Å²) in [6, 6.07) is 4.06. The standard InChI is InChI=1S/C16H19Cl2N5O2/c1-22-4-6-23(7-5-22)16-20-13(9-14(24)21-16)15(25)19-10-2-3-11(17)12(18)8-10/h2-3,8,13H,4-7,9H2,1H3,(H,19,25)(H,20,21,24). The van der Waals surface area contributed by atoms with Gasteiger partial charge in [-0.2, -0.15) is 0 Å². The van der Waals surface area contributed by atoms with Crippen LogP contribution in [-0.4, -0.2) is 66.8 Å². The number of rotatable bonds is 2. The van der Waals surface area contributed by atoms with E-state index in [1.54, 1.807) is 18.2 Å². The Kier molecular flexibility index (Phi) is 5.46. The van der Waals surface area contributed by atoms with Crippen molar-refractivity contribution in [1.82, 2.24) is 15.1 Å². The number of likely N-dealkylation sites (N-methyl/N-ethyl adjacent to an activating group) is 1. The largest absolute Gasteiger partial charge is 0.340 e. The van der Waals surface area contributed by atoms with Crippen LogP contribution in [0.4, 0.5) is 5.69 Å². The van der Waals surface area contributed by atoms with Crippen LogP contribution < -0.4 is 10.6 Å². The van der Waals surface area contributed by atoms with Crippen LogP contribution in [0.5, 0.6) is 0 Å². The van der Waals surface area contributed by atoms with Gasteiger partial charge in [0.15, 0.2) is 0 Å². The van der Waals surface area contributed by atoms with Gasteiger partial charge in [0.25, 0.3) is 0 Å². The summed E-state index contributed by atoms with van der Waals surface area (Å²) in [5.41, 5.74) is 0.515. The number of hydrogen-bond acceptors (Lipinski definition) is 5. The molecule has 0 spiro atoms. The molecule has 1 atom stereocenters. The molecule has 2 N–H and O–H groups in total. The summed E-state index contributed by atoms with van der Waals surface area (Å²) in [6.45, 7) is 3.29. The van der Waals surface area contributed by atoms with E-state index < -0.39 is 6.04 Å². The molecule has 1 saturated heterocycles. The average Bonchev–Trinajstić information content (AvgIpc) is 2.58. The van der Waals surface area contributed by atoms with Crippen molar-refractivity contribution in [2.75, 3.05) is 38.5 Å². The average molecular weight is 384 g/mol. The number of carbonyl (C=O) groups is 2. The first-order chi connectivity index (χ1) is 11.9. The Labute approximate surface area is 156 Å². The van der Waals surface area contributed by atoms with Crippen molar-refractivity contribution in [1.29, 1.82) is 0 Å². The van der Waals surface area contributed by atoms with Crippen LogP contribution >= 0.6 is 23.2 Å². The highest BCUT2D eigenvalue weighted by Crippen LogP contribution is 2.25. The van der Waals surface area contributed by atoms with Crippen LogP contribution in [-0.2, 0) is 9.59 Å². The quantitative estimate of drug-likeness (QED) is 0.809. The molecule has 0 bridgehead atoms. The minimum atomic E-state index is -0.766. The van der Waals surface area contributed by atoms with Crippen molar-refractivity contribution in [3.05, 3.63) is 28.2 Å². The topological polar surface area (TPSA) is 77.0 Å². The summed E-state index contributed by atoms with van der Waals surface area (Å²) in [4.78, 5) is 33.1. The molecular weight excluding hydrogens is 365 g/mol. The third-order valence-electron chi connectivity index (χ3n) is 4.20. The Balaban J connectivity index is 1.71. The zero-order valence-electron chi connectivity index (χ0n) is 13.8. The van der Waals surface area contributed by atoms with E-state index in [2.05, 4.69) is 20.5 Å². The van der Waals surface area contributed by atoms with Gasteiger partial charge in [0, 0.05) is 31.9 Å². The fraction of sp³-hybridized carbons (Fsp3) is 0.438. The Morgan fingerprint density at radius 3 is 2.64 bits per heavy atom. The maximum absolute atomic E-state index is 12.5. The summed E-state index contributed by atoms with van der Waals surface area (Å²) < 4.78 is 0. The third kappa shape index (κ3) is 4.42. The number of anilines is 1. The van der Waals surface area contributed by atoms with Gasteiger partial charge in [-0.25, -0.2) is 4.99 Å². The number of nitrogens with one attached hydrogen (secondary N) is 2. The van der Waals surface area contributed by atoms with Crippen molar-refractivity contribution in [2.24, 2.45) is 4.99 Å². The molecule has 1 fully saturated rings. The number of aliphatic imine (C=N–C) groups is 1.